The van der Waals surface area contributed by atoms with E-state index in [1.54, 1.807) is 12.5 Å². The SMILES string of the molecule is O=C(CSc1ccc2ccccc2c1)N1N=C(c2ccco2)CC1c1ccco1. The van der Waals surface area contributed by atoms with E-state index in [9.17, 15) is 4.79 Å². The minimum atomic E-state index is -0.255. The van der Waals surface area contributed by atoms with Crippen molar-refractivity contribution < 1.29 is 13.6 Å². The number of rotatable bonds is 5. The number of carbonyl (C=O) groups is 1. The van der Waals surface area contributed by atoms with Crippen molar-refractivity contribution in [2.45, 2.75) is 17.4 Å². The number of hydrogen-bond acceptors (Lipinski definition) is 5. The van der Waals surface area contributed by atoms with Gasteiger partial charge in [0.1, 0.15) is 23.3 Å². The standard InChI is InChI=1S/C23H18N2O3S/c26-23(15-29-18-10-9-16-5-1-2-6-17(16)13-18)25-20(22-8-4-12-28-22)14-19(24-25)21-7-3-11-27-21/h1-13,20H,14-15H2. The minimum Gasteiger partial charge on any atom is -0.467 e. The summed E-state index contributed by atoms with van der Waals surface area (Å²) in [6, 6.07) is 21.6. The van der Waals surface area contributed by atoms with Crippen LogP contribution in [-0.2, 0) is 4.79 Å². The van der Waals surface area contributed by atoms with Crippen LogP contribution in [0.15, 0.2) is 98.1 Å². The molecule has 144 valence electrons. The molecule has 0 fully saturated rings. The first-order chi connectivity index (χ1) is 14.3. The minimum absolute atomic E-state index is 0.0638. The Bertz CT molecular complexity index is 1170. The highest BCUT2D eigenvalue weighted by Gasteiger charge is 2.35. The second kappa shape index (κ2) is 7.64. The number of furan rings is 2. The van der Waals surface area contributed by atoms with Gasteiger partial charge in [0.05, 0.1) is 18.3 Å². The fourth-order valence-corrected chi connectivity index (χ4v) is 4.30. The summed E-state index contributed by atoms with van der Waals surface area (Å²) in [5.41, 5.74) is 0.750. The van der Waals surface area contributed by atoms with Crippen LogP contribution < -0.4 is 0 Å². The molecular formula is C23H18N2O3S. The van der Waals surface area contributed by atoms with Crippen molar-refractivity contribution in [1.29, 1.82) is 0 Å². The van der Waals surface area contributed by atoms with Crippen LogP contribution in [0.25, 0.3) is 10.8 Å². The number of benzene rings is 2. The zero-order valence-electron chi connectivity index (χ0n) is 15.5. The molecule has 6 heteroatoms. The van der Waals surface area contributed by atoms with Gasteiger partial charge < -0.3 is 8.83 Å². The van der Waals surface area contributed by atoms with Crippen molar-refractivity contribution in [3.05, 3.63) is 90.8 Å². The van der Waals surface area contributed by atoms with Crippen LogP contribution in [-0.4, -0.2) is 22.4 Å². The third kappa shape index (κ3) is 3.59. The molecule has 5 rings (SSSR count). The van der Waals surface area contributed by atoms with Gasteiger partial charge in [-0.05, 0) is 47.2 Å². The van der Waals surface area contributed by atoms with Crippen LogP contribution in [0.2, 0.25) is 0 Å². The fourth-order valence-electron chi connectivity index (χ4n) is 3.50. The highest BCUT2D eigenvalue weighted by Crippen LogP contribution is 2.34. The monoisotopic (exact) mass is 402 g/mol. The Morgan fingerprint density at radius 2 is 1.83 bits per heavy atom. The first-order valence-corrected chi connectivity index (χ1v) is 10.3. The number of hydrazone groups is 1. The first kappa shape index (κ1) is 17.8. The smallest absolute Gasteiger partial charge is 0.253 e. The molecule has 0 saturated carbocycles. The van der Waals surface area contributed by atoms with Gasteiger partial charge in [0.25, 0.3) is 5.91 Å². The van der Waals surface area contributed by atoms with E-state index in [0.29, 0.717) is 17.9 Å². The Morgan fingerprint density at radius 3 is 2.62 bits per heavy atom. The molecule has 4 aromatic rings. The second-order valence-corrected chi connectivity index (χ2v) is 7.84. The van der Waals surface area contributed by atoms with Crippen LogP contribution in [0, 0.1) is 0 Å². The number of hydrogen-bond donors (Lipinski definition) is 0. The van der Waals surface area contributed by atoms with Gasteiger partial charge in [0, 0.05) is 11.3 Å². The average Bonchev–Trinajstić information content (AvgIpc) is 3.52. The van der Waals surface area contributed by atoms with Crippen molar-refractivity contribution in [2.75, 3.05) is 5.75 Å². The van der Waals surface area contributed by atoms with Crippen LogP contribution in [0.3, 0.4) is 0 Å². The van der Waals surface area contributed by atoms with Gasteiger partial charge in [-0.15, -0.1) is 11.8 Å². The van der Waals surface area contributed by atoms with Crippen molar-refractivity contribution in [2.24, 2.45) is 5.10 Å². The van der Waals surface area contributed by atoms with Crippen molar-refractivity contribution >= 4 is 34.2 Å². The number of thioether (sulfide) groups is 1. The van der Waals surface area contributed by atoms with Crippen LogP contribution in [0.1, 0.15) is 24.0 Å². The highest BCUT2D eigenvalue weighted by molar-refractivity contribution is 8.00. The van der Waals surface area contributed by atoms with E-state index in [-0.39, 0.29) is 11.9 Å². The molecule has 0 saturated heterocycles. The summed E-state index contributed by atoms with van der Waals surface area (Å²) < 4.78 is 11.0. The van der Waals surface area contributed by atoms with Gasteiger partial charge in [0.2, 0.25) is 0 Å². The van der Waals surface area contributed by atoms with E-state index < -0.39 is 0 Å². The molecular weight excluding hydrogens is 384 g/mol. The summed E-state index contributed by atoms with van der Waals surface area (Å²) in [5, 5.41) is 8.45. The van der Waals surface area contributed by atoms with Gasteiger partial charge in [0.15, 0.2) is 0 Å². The average molecular weight is 402 g/mol. The molecule has 0 radical (unpaired) electrons. The predicted molar refractivity (Wildman–Crippen MR) is 113 cm³/mol. The maximum Gasteiger partial charge on any atom is 0.253 e. The lowest BCUT2D eigenvalue weighted by atomic mass is 10.1. The van der Waals surface area contributed by atoms with E-state index in [0.717, 1.165) is 21.8 Å². The Balaban J connectivity index is 1.35. The summed E-state index contributed by atoms with van der Waals surface area (Å²) in [5.74, 6) is 1.63. The molecule has 1 aliphatic heterocycles. The van der Waals surface area contributed by atoms with Crippen molar-refractivity contribution in [3.63, 3.8) is 0 Å². The van der Waals surface area contributed by atoms with Gasteiger partial charge >= 0.3 is 0 Å². The molecule has 0 bridgehead atoms. The Hall–Kier alpha value is -3.25. The van der Waals surface area contributed by atoms with Gasteiger partial charge in [-0.2, -0.15) is 5.10 Å². The number of nitrogens with zero attached hydrogens (tertiary/aromatic N) is 2. The lowest BCUT2D eigenvalue weighted by Crippen LogP contribution is -2.28. The molecule has 1 aliphatic rings. The molecule has 3 heterocycles. The molecule has 29 heavy (non-hydrogen) atoms. The third-order valence-electron chi connectivity index (χ3n) is 4.93. The maximum absolute atomic E-state index is 13.0. The summed E-state index contributed by atoms with van der Waals surface area (Å²) in [6.07, 6.45) is 3.79. The molecule has 5 nitrogen and oxygen atoms in total. The third-order valence-corrected chi connectivity index (χ3v) is 5.90. The molecule has 0 N–H and O–H groups in total. The van der Waals surface area contributed by atoms with Crippen molar-refractivity contribution in [3.8, 4) is 0 Å². The normalized spacial score (nSPS) is 16.3. The molecule has 2 aromatic carbocycles. The highest BCUT2D eigenvalue weighted by atomic mass is 32.2. The van der Waals surface area contributed by atoms with E-state index in [4.69, 9.17) is 8.83 Å². The largest absolute Gasteiger partial charge is 0.467 e. The Morgan fingerprint density at radius 1 is 1.00 bits per heavy atom. The van der Waals surface area contributed by atoms with Crippen LogP contribution >= 0.6 is 11.8 Å². The Labute approximate surface area is 172 Å². The maximum atomic E-state index is 13.0. The molecule has 2 aromatic heterocycles. The fraction of sp³-hybridized carbons (Fsp3) is 0.130. The van der Waals surface area contributed by atoms with Crippen molar-refractivity contribution in [1.82, 2.24) is 5.01 Å². The Kier molecular flexibility index (Phi) is 4.69. The number of fused-ring (bicyclic) bond motifs is 1. The number of amides is 1. The van der Waals surface area contributed by atoms with E-state index in [1.807, 2.05) is 42.5 Å². The van der Waals surface area contributed by atoms with E-state index in [1.165, 1.54) is 22.2 Å². The summed E-state index contributed by atoms with van der Waals surface area (Å²) in [7, 11) is 0. The first-order valence-electron chi connectivity index (χ1n) is 9.36. The second-order valence-electron chi connectivity index (χ2n) is 6.80. The van der Waals surface area contributed by atoms with E-state index in [2.05, 4.69) is 29.4 Å². The molecule has 1 amide bonds. The lowest BCUT2D eigenvalue weighted by molar-refractivity contribution is -0.130. The summed E-state index contributed by atoms with van der Waals surface area (Å²) in [6.45, 7) is 0. The van der Waals surface area contributed by atoms with Crippen LogP contribution in [0.5, 0.6) is 0 Å². The quantitative estimate of drug-likeness (QED) is 0.414. The number of carbonyl (C=O) groups excluding carboxylic acids is 1. The van der Waals surface area contributed by atoms with Gasteiger partial charge in [-0.1, -0.05) is 30.3 Å². The zero-order chi connectivity index (χ0) is 19.6. The summed E-state index contributed by atoms with van der Waals surface area (Å²) in [4.78, 5) is 14.1. The van der Waals surface area contributed by atoms with Gasteiger partial charge in [-0.25, -0.2) is 5.01 Å². The molecule has 1 unspecified atom stereocenters. The van der Waals surface area contributed by atoms with Gasteiger partial charge in [-0.3, -0.25) is 4.79 Å². The predicted octanol–water partition coefficient (Wildman–Crippen LogP) is 5.50. The van der Waals surface area contributed by atoms with E-state index >= 15 is 0 Å². The topological polar surface area (TPSA) is 59.0 Å². The zero-order valence-corrected chi connectivity index (χ0v) is 16.3. The molecule has 0 aliphatic carbocycles. The molecule has 1 atom stereocenters. The lowest BCUT2D eigenvalue weighted by Gasteiger charge is -2.19. The summed E-state index contributed by atoms with van der Waals surface area (Å²) >= 11 is 1.51. The molecule has 0 spiro atoms. The van der Waals surface area contributed by atoms with Crippen LogP contribution in [0.4, 0.5) is 0 Å².